The number of hydrogen-bond donors (Lipinski definition) is 1. The average molecular weight is 396 g/mol. The second-order valence-electron chi connectivity index (χ2n) is 7.81. The molecule has 8 heteroatoms. The van der Waals surface area contributed by atoms with E-state index in [2.05, 4.69) is 5.10 Å². The molecule has 2 aromatic rings. The molecule has 1 aromatic carbocycles. The Morgan fingerprint density at radius 1 is 1.14 bits per heavy atom. The van der Waals surface area contributed by atoms with Crippen LogP contribution in [-0.2, 0) is 9.59 Å². The average Bonchev–Trinajstić information content (AvgIpc) is 3.36. The number of hydrogen-bond acceptors (Lipinski definition) is 4. The van der Waals surface area contributed by atoms with Crippen molar-refractivity contribution in [3.8, 4) is 0 Å². The van der Waals surface area contributed by atoms with Gasteiger partial charge >= 0.3 is 5.97 Å². The van der Waals surface area contributed by atoms with Crippen molar-refractivity contribution >= 4 is 23.5 Å². The van der Waals surface area contributed by atoms with Crippen molar-refractivity contribution < 1.29 is 19.5 Å². The van der Waals surface area contributed by atoms with Crippen LogP contribution in [-0.4, -0.2) is 57.2 Å². The monoisotopic (exact) mass is 396 g/mol. The normalized spacial score (nSPS) is 20.3. The first-order valence-corrected chi connectivity index (χ1v) is 9.85. The largest absolute Gasteiger partial charge is 0.478 e. The molecule has 2 aliphatic heterocycles. The van der Waals surface area contributed by atoms with Gasteiger partial charge in [0, 0.05) is 37.9 Å². The molecule has 0 saturated carbocycles. The number of amides is 2. The summed E-state index contributed by atoms with van der Waals surface area (Å²) in [6, 6.07) is 7.85. The molecule has 29 heavy (non-hydrogen) atoms. The molecule has 2 fully saturated rings. The number of piperidine rings is 1. The van der Waals surface area contributed by atoms with Gasteiger partial charge < -0.3 is 14.9 Å². The fraction of sp³-hybridized carbons (Fsp3) is 0.429. The minimum absolute atomic E-state index is 0.0140. The van der Waals surface area contributed by atoms with Gasteiger partial charge in [0.1, 0.15) is 0 Å². The molecule has 1 aromatic heterocycles. The standard InChI is InChI=1S/C21H24N4O4/c1-14-2-4-17(5-3-14)24-12-15(10-19(24)26)20(27)23-8-6-18(7-9-23)25-13-16(11-22-25)21(28)29/h2-5,11,13,15,18H,6-10,12H2,1H3,(H,28,29). The zero-order chi connectivity index (χ0) is 20.5. The fourth-order valence-corrected chi connectivity index (χ4v) is 4.10. The van der Waals surface area contributed by atoms with Gasteiger partial charge in [0.2, 0.25) is 11.8 Å². The molecule has 0 spiro atoms. The Balaban J connectivity index is 1.35. The van der Waals surface area contributed by atoms with Crippen LogP contribution in [0.2, 0.25) is 0 Å². The van der Waals surface area contributed by atoms with Crippen molar-refractivity contribution in [3.63, 3.8) is 0 Å². The van der Waals surface area contributed by atoms with Gasteiger partial charge in [-0.15, -0.1) is 0 Å². The maximum atomic E-state index is 13.0. The van der Waals surface area contributed by atoms with Crippen molar-refractivity contribution in [2.24, 2.45) is 5.92 Å². The van der Waals surface area contributed by atoms with Crippen LogP contribution in [0.1, 0.15) is 41.2 Å². The van der Waals surface area contributed by atoms with Crippen LogP contribution in [0.25, 0.3) is 0 Å². The highest BCUT2D eigenvalue weighted by molar-refractivity contribution is 6.00. The third-order valence-corrected chi connectivity index (χ3v) is 5.82. The fourth-order valence-electron chi connectivity index (χ4n) is 4.10. The van der Waals surface area contributed by atoms with E-state index in [1.165, 1.54) is 6.20 Å². The molecule has 152 valence electrons. The summed E-state index contributed by atoms with van der Waals surface area (Å²) in [6.07, 6.45) is 4.57. The number of likely N-dealkylation sites (tertiary alicyclic amines) is 1. The number of rotatable bonds is 4. The number of anilines is 1. The number of aryl methyl sites for hydroxylation is 1. The van der Waals surface area contributed by atoms with Crippen LogP contribution < -0.4 is 4.90 Å². The molecule has 1 atom stereocenters. The van der Waals surface area contributed by atoms with Gasteiger partial charge in [0.05, 0.1) is 23.7 Å². The molecule has 2 aliphatic rings. The third kappa shape index (κ3) is 3.87. The quantitative estimate of drug-likeness (QED) is 0.854. The van der Waals surface area contributed by atoms with E-state index in [0.29, 0.717) is 19.6 Å². The molecule has 1 N–H and O–H groups in total. The number of benzene rings is 1. The number of carboxylic acids is 1. The first kappa shape index (κ1) is 19.2. The number of carboxylic acid groups (broad SMARTS) is 1. The topological polar surface area (TPSA) is 95.7 Å². The maximum absolute atomic E-state index is 13.0. The lowest BCUT2D eigenvalue weighted by molar-refractivity contribution is -0.137. The minimum atomic E-state index is -0.993. The van der Waals surface area contributed by atoms with Crippen molar-refractivity contribution in [3.05, 3.63) is 47.8 Å². The van der Waals surface area contributed by atoms with Gasteiger partial charge in [-0.2, -0.15) is 5.10 Å². The van der Waals surface area contributed by atoms with E-state index in [0.717, 1.165) is 24.1 Å². The highest BCUT2D eigenvalue weighted by atomic mass is 16.4. The zero-order valence-corrected chi connectivity index (χ0v) is 16.3. The maximum Gasteiger partial charge on any atom is 0.338 e. The van der Waals surface area contributed by atoms with Crippen LogP contribution in [0.5, 0.6) is 0 Å². The van der Waals surface area contributed by atoms with E-state index >= 15 is 0 Å². The summed E-state index contributed by atoms with van der Waals surface area (Å²) in [5.74, 6) is -1.30. The Kier molecular flexibility index (Phi) is 5.08. The first-order valence-electron chi connectivity index (χ1n) is 9.85. The summed E-state index contributed by atoms with van der Waals surface area (Å²) in [4.78, 5) is 40.0. The van der Waals surface area contributed by atoms with E-state index in [1.54, 1.807) is 15.8 Å². The van der Waals surface area contributed by atoms with Crippen LogP contribution in [0, 0.1) is 12.8 Å². The Morgan fingerprint density at radius 2 is 1.83 bits per heavy atom. The molecule has 0 aliphatic carbocycles. The zero-order valence-electron chi connectivity index (χ0n) is 16.3. The van der Waals surface area contributed by atoms with Crippen LogP contribution in [0.15, 0.2) is 36.7 Å². The SMILES string of the molecule is Cc1ccc(N2CC(C(=O)N3CCC(n4cc(C(=O)O)cn4)CC3)CC2=O)cc1. The molecule has 3 heterocycles. The number of aromatic nitrogens is 2. The predicted octanol–water partition coefficient (Wildman–Crippen LogP) is 2.11. The second kappa shape index (κ2) is 7.69. The molecular formula is C21H24N4O4. The summed E-state index contributed by atoms with van der Waals surface area (Å²) < 4.78 is 1.68. The number of nitrogens with zero attached hydrogens (tertiary/aromatic N) is 4. The van der Waals surface area contributed by atoms with Crippen molar-refractivity contribution in [1.82, 2.24) is 14.7 Å². The molecule has 8 nitrogen and oxygen atoms in total. The lowest BCUT2D eigenvalue weighted by atomic mass is 10.0. The van der Waals surface area contributed by atoms with Crippen LogP contribution >= 0.6 is 0 Å². The first-order chi connectivity index (χ1) is 13.9. The Hall–Kier alpha value is -3.16. The third-order valence-electron chi connectivity index (χ3n) is 5.82. The van der Waals surface area contributed by atoms with Crippen molar-refractivity contribution in [1.29, 1.82) is 0 Å². The minimum Gasteiger partial charge on any atom is -0.478 e. The van der Waals surface area contributed by atoms with E-state index in [4.69, 9.17) is 5.11 Å². The van der Waals surface area contributed by atoms with Gasteiger partial charge in [-0.1, -0.05) is 17.7 Å². The summed E-state index contributed by atoms with van der Waals surface area (Å²) in [6.45, 7) is 3.58. The van der Waals surface area contributed by atoms with Crippen molar-refractivity contribution in [2.75, 3.05) is 24.5 Å². The molecule has 2 amide bonds. The molecule has 2 saturated heterocycles. The molecule has 1 unspecified atom stereocenters. The summed E-state index contributed by atoms with van der Waals surface area (Å²) in [5.41, 5.74) is 2.13. The lowest BCUT2D eigenvalue weighted by Gasteiger charge is -2.33. The molecule has 0 radical (unpaired) electrons. The highest BCUT2D eigenvalue weighted by Gasteiger charge is 2.38. The van der Waals surface area contributed by atoms with E-state index in [9.17, 15) is 14.4 Å². The Labute approximate surface area is 168 Å². The number of carbonyl (C=O) groups excluding carboxylic acids is 2. The predicted molar refractivity (Wildman–Crippen MR) is 106 cm³/mol. The van der Waals surface area contributed by atoms with Gasteiger partial charge in [-0.25, -0.2) is 4.79 Å². The van der Waals surface area contributed by atoms with Gasteiger partial charge in [-0.05, 0) is 31.9 Å². The van der Waals surface area contributed by atoms with E-state index < -0.39 is 5.97 Å². The van der Waals surface area contributed by atoms with Crippen molar-refractivity contribution in [2.45, 2.75) is 32.2 Å². The summed E-state index contributed by atoms with van der Waals surface area (Å²) in [5, 5.41) is 13.2. The highest BCUT2D eigenvalue weighted by Crippen LogP contribution is 2.29. The summed E-state index contributed by atoms with van der Waals surface area (Å²) in [7, 11) is 0. The van der Waals surface area contributed by atoms with E-state index in [-0.39, 0.29) is 35.8 Å². The second-order valence-corrected chi connectivity index (χ2v) is 7.81. The Morgan fingerprint density at radius 3 is 2.45 bits per heavy atom. The molecule has 0 bridgehead atoms. The van der Waals surface area contributed by atoms with Crippen LogP contribution in [0.3, 0.4) is 0 Å². The lowest BCUT2D eigenvalue weighted by Crippen LogP contribution is -2.43. The smallest absolute Gasteiger partial charge is 0.338 e. The molecule has 4 rings (SSSR count). The van der Waals surface area contributed by atoms with Gasteiger partial charge in [0.25, 0.3) is 0 Å². The van der Waals surface area contributed by atoms with E-state index in [1.807, 2.05) is 36.1 Å². The number of carbonyl (C=O) groups is 3. The molecular weight excluding hydrogens is 372 g/mol. The van der Waals surface area contributed by atoms with Crippen LogP contribution in [0.4, 0.5) is 5.69 Å². The van der Waals surface area contributed by atoms with Gasteiger partial charge in [-0.3, -0.25) is 14.3 Å². The van der Waals surface area contributed by atoms with Gasteiger partial charge in [0.15, 0.2) is 0 Å². The Bertz CT molecular complexity index is 928. The summed E-state index contributed by atoms with van der Waals surface area (Å²) >= 11 is 0. The number of aromatic carboxylic acids is 1.